The minimum Gasteiger partial charge on any atom is -0.509 e. The van der Waals surface area contributed by atoms with Gasteiger partial charge in [-0.3, -0.25) is 4.68 Å². The van der Waals surface area contributed by atoms with Crippen molar-refractivity contribution < 1.29 is 25.8 Å². The van der Waals surface area contributed by atoms with E-state index in [1.54, 1.807) is 0 Å². The molecule has 0 bridgehead atoms. The minimum atomic E-state index is 0. The van der Waals surface area contributed by atoms with E-state index in [-0.39, 0.29) is 27.0 Å². The van der Waals surface area contributed by atoms with E-state index in [2.05, 4.69) is 161 Å². The van der Waals surface area contributed by atoms with Gasteiger partial charge in [0.25, 0.3) is 0 Å². The van der Waals surface area contributed by atoms with Crippen LogP contribution in [-0.2, 0) is 27.5 Å². The molecule has 0 radical (unpaired) electrons. The van der Waals surface area contributed by atoms with E-state index in [1.165, 1.54) is 16.7 Å². The molecule has 0 fully saturated rings. The molecule has 6 heteroatoms. The zero-order valence-corrected chi connectivity index (χ0v) is 34.5. The average Bonchev–Trinajstić information content (AvgIpc) is 3.66. The van der Waals surface area contributed by atoms with Crippen LogP contribution >= 0.6 is 0 Å². The summed E-state index contributed by atoms with van der Waals surface area (Å²) < 4.78 is 11.1. The molecule has 3 aromatic heterocycles. The Balaban J connectivity index is 0.00000450. The van der Waals surface area contributed by atoms with Gasteiger partial charge in [-0.25, -0.2) is 4.98 Å². The van der Waals surface area contributed by atoms with E-state index in [9.17, 15) is 0 Å². The molecule has 3 heterocycles. The molecule has 4 aromatic carbocycles. The van der Waals surface area contributed by atoms with Crippen LogP contribution in [0.4, 0.5) is 0 Å². The van der Waals surface area contributed by atoms with Crippen LogP contribution < -0.4 is 4.74 Å². The maximum Gasteiger partial charge on any atom is 2.00 e. The molecule has 0 saturated heterocycles. The predicted octanol–water partition coefficient (Wildman–Crippen LogP) is 12.5. The van der Waals surface area contributed by atoms with E-state index in [1.807, 2.05) is 12.3 Å². The Kier molecular flexibility index (Phi) is 10.8. The van der Waals surface area contributed by atoms with Gasteiger partial charge in [0, 0.05) is 40.3 Å². The Morgan fingerprint density at radius 1 is 0.870 bits per heavy atom. The van der Waals surface area contributed by atoms with Crippen molar-refractivity contribution in [2.24, 2.45) is 11.8 Å². The number of aromatic nitrogens is 4. The maximum atomic E-state index is 6.74. The topological polar surface area (TPSA) is 44.9 Å². The molecule has 0 spiro atoms. The summed E-state index contributed by atoms with van der Waals surface area (Å²) in [6.45, 7) is 15.8. The number of hydrogen-bond donors (Lipinski definition) is 0. The SMILES string of the molecule is CCCc1ccnc(-n2c3[c-]c(Oc4[c-]c(-n5nc(C)c(C6C(C)=C[C@H](C)C[C@@H]6C)c5-c5ccccc5)cc(C(C)C)c4)ccc3c3ccccc32)c1.[Pt+2]. The fourth-order valence-corrected chi connectivity index (χ4v) is 8.63. The second kappa shape index (κ2) is 15.6. The minimum absolute atomic E-state index is 0. The first kappa shape index (κ1) is 37.6. The van der Waals surface area contributed by atoms with Gasteiger partial charge in [0.2, 0.25) is 0 Å². The summed E-state index contributed by atoms with van der Waals surface area (Å²) in [6.07, 6.45) is 7.62. The Hall–Kier alpha value is -4.73. The van der Waals surface area contributed by atoms with E-state index in [0.29, 0.717) is 29.3 Å². The number of benzene rings is 4. The van der Waals surface area contributed by atoms with E-state index in [4.69, 9.17) is 14.8 Å². The van der Waals surface area contributed by atoms with Crippen molar-refractivity contribution >= 4 is 21.8 Å². The first-order valence-electron chi connectivity index (χ1n) is 19.2. The summed E-state index contributed by atoms with van der Waals surface area (Å²) in [5, 5.41) is 7.56. The molecule has 3 atom stereocenters. The van der Waals surface area contributed by atoms with Gasteiger partial charge in [0.1, 0.15) is 5.82 Å². The third kappa shape index (κ3) is 7.00. The second-order valence-electron chi connectivity index (χ2n) is 15.3. The van der Waals surface area contributed by atoms with Crippen molar-refractivity contribution in [2.75, 3.05) is 0 Å². The molecular formula is C48H48N4OPt. The molecule has 5 nitrogen and oxygen atoms in total. The number of fused-ring (bicyclic) bond motifs is 3. The van der Waals surface area contributed by atoms with Gasteiger partial charge in [-0.1, -0.05) is 107 Å². The first-order valence-corrected chi connectivity index (χ1v) is 19.2. The van der Waals surface area contributed by atoms with Gasteiger partial charge in [0.15, 0.2) is 0 Å². The summed E-state index contributed by atoms with van der Waals surface area (Å²) in [6, 6.07) is 39.3. The molecule has 1 unspecified atom stereocenters. The molecule has 0 saturated carbocycles. The van der Waals surface area contributed by atoms with Crippen molar-refractivity contribution in [3.05, 3.63) is 143 Å². The number of allylic oxidation sites excluding steroid dienone is 2. The standard InChI is InChI=1S/C48H48N4O.Pt/c1-8-14-35-21-22-49-45(25-35)51-43-18-13-12-17-41(43)42-20-19-39(29-44(42)51)53-40-27-37(30(2)3)26-38(28-40)52-48(36-15-10-9-11-16-36)47(34(7)50-52)46-32(5)23-31(4)24-33(46)6;/h9-13,15-23,25-27,30-31,33,46H,8,14,24H2,1-7H3;/q-2;+2/t31-,33-,46?;/m0./s1. The zero-order chi connectivity index (χ0) is 36.8. The van der Waals surface area contributed by atoms with Crippen LogP contribution in [0.25, 0.3) is 44.6 Å². The Bertz CT molecular complexity index is 2470. The van der Waals surface area contributed by atoms with E-state index in [0.717, 1.165) is 75.1 Å². The van der Waals surface area contributed by atoms with E-state index >= 15 is 0 Å². The van der Waals surface area contributed by atoms with Gasteiger partial charge in [-0.2, -0.15) is 11.2 Å². The molecule has 1 aliphatic rings. The van der Waals surface area contributed by atoms with Crippen LogP contribution in [0, 0.1) is 30.9 Å². The third-order valence-corrected chi connectivity index (χ3v) is 10.9. The fraction of sp³-hybridized carbons (Fsp3) is 0.292. The van der Waals surface area contributed by atoms with Gasteiger partial charge in [-0.15, -0.1) is 41.3 Å². The zero-order valence-electron chi connectivity index (χ0n) is 32.3. The number of hydrogen-bond acceptors (Lipinski definition) is 3. The van der Waals surface area contributed by atoms with Crippen LogP contribution in [-0.4, -0.2) is 19.3 Å². The van der Waals surface area contributed by atoms with Gasteiger partial charge >= 0.3 is 21.1 Å². The number of ether oxygens (including phenoxy) is 1. The number of pyridine rings is 1. The Morgan fingerprint density at radius 2 is 1.65 bits per heavy atom. The quantitative estimate of drug-likeness (QED) is 0.107. The Morgan fingerprint density at radius 3 is 2.41 bits per heavy atom. The molecule has 0 N–H and O–H groups in total. The predicted molar refractivity (Wildman–Crippen MR) is 218 cm³/mol. The number of para-hydroxylation sites is 1. The fourth-order valence-electron chi connectivity index (χ4n) is 8.63. The van der Waals surface area contributed by atoms with Crippen LogP contribution in [0.15, 0.2) is 109 Å². The first-order chi connectivity index (χ1) is 25.7. The number of nitrogens with zero attached hydrogens (tertiary/aromatic N) is 4. The normalized spacial score (nSPS) is 17.2. The molecule has 8 rings (SSSR count). The molecule has 54 heavy (non-hydrogen) atoms. The van der Waals surface area contributed by atoms with Gasteiger partial charge < -0.3 is 9.30 Å². The smallest absolute Gasteiger partial charge is 0.509 e. The van der Waals surface area contributed by atoms with E-state index < -0.39 is 0 Å². The summed E-state index contributed by atoms with van der Waals surface area (Å²) in [4.78, 5) is 4.83. The molecule has 0 amide bonds. The number of aryl methyl sites for hydroxylation is 2. The third-order valence-electron chi connectivity index (χ3n) is 10.9. The van der Waals surface area contributed by atoms with Crippen molar-refractivity contribution in [2.45, 2.75) is 79.6 Å². The van der Waals surface area contributed by atoms with Gasteiger partial charge in [0.05, 0.1) is 11.4 Å². The molecule has 0 aliphatic heterocycles. The van der Waals surface area contributed by atoms with Crippen molar-refractivity contribution in [1.82, 2.24) is 19.3 Å². The van der Waals surface area contributed by atoms with Crippen molar-refractivity contribution in [3.63, 3.8) is 0 Å². The average molecular weight is 892 g/mol. The van der Waals surface area contributed by atoms with Crippen molar-refractivity contribution in [1.29, 1.82) is 0 Å². The van der Waals surface area contributed by atoms with Crippen LogP contribution in [0.5, 0.6) is 11.5 Å². The van der Waals surface area contributed by atoms with Crippen LogP contribution in [0.2, 0.25) is 0 Å². The second-order valence-corrected chi connectivity index (χ2v) is 15.3. The summed E-state index contributed by atoms with van der Waals surface area (Å²) in [5.41, 5.74) is 11.4. The monoisotopic (exact) mass is 891 g/mol. The van der Waals surface area contributed by atoms with Gasteiger partial charge in [-0.05, 0) is 79.3 Å². The summed E-state index contributed by atoms with van der Waals surface area (Å²) in [5.74, 6) is 3.79. The Labute approximate surface area is 334 Å². The molecule has 7 aromatic rings. The summed E-state index contributed by atoms with van der Waals surface area (Å²) >= 11 is 0. The number of rotatable bonds is 9. The summed E-state index contributed by atoms with van der Waals surface area (Å²) in [7, 11) is 0. The molecule has 1 aliphatic carbocycles. The van der Waals surface area contributed by atoms with Crippen LogP contribution in [0.1, 0.15) is 88.6 Å². The molecular weight excluding hydrogens is 844 g/mol. The molecule has 276 valence electrons. The van der Waals surface area contributed by atoms with Crippen molar-refractivity contribution in [3.8, 4) is 34.3 Å². The van der Waals surface area contributed by atoms with Crippen LogP contribution in [0.3, 0.4) is 0 Å². The maximum absolute atomic E-state index is 6.74. The largest absolute Gasteiger partial charge is 2.00 e.